The fraction of sp³-hybridized carbons (Fsp3) is 0.438. The van der Waals surface area contributed by atoms with Gasteiger partial charge >= 0.3 is 12.0 Å². The normalized spacial score (nSPS) is 16.2. The molecule has 0 aliphatic carbocycles. The minimum atomic E-state index is -0.941. The molecule has 8 heteroatoms. The number of amides is 3. The Morgan fingerprint density at radius 3 is 2.29 bits per heavy atom. The summed E-state index contributed by atoms with van der Waals surface area (Å²) in [4.78, 5) is 37.3. The van der Waals surface area contributed by atoms with Gasteiger partial charge in [0.1, 0.15) is 18.7 Å². The Balaban J connectivity index is 2.00. The molecule has 0 aromatic heterocycles. The predicted octanol–water partition coefficient (Wildman–Crippen LogP) is 3.15. The topological polar surface area (TPSA) is 75.7 Å². The minimum absolute atomic E-state index is 0.131. The molecule has 2 rings (SSSR count). The third kappa shape index (κ3) is 3.49. The van der Waals surface area contributed by atoms with E-state index in [0.29, 0.717) is 28.5 Å². The van der Waals surface area contributed by atoms with Crippen LogP contribution in [0.1, 0.15) is 32.3 Å². The van der Waals surface area contributed by atoms with Gasteiger partial charge in [-0.15, -0.1) is 0 Å². The van der Waals surface area contributed by atoms with Gasteiger partial charge in [-0.3, -0.25) is 14.5 Å². The molecular formula is C16H18Cl2N2O4. The minimum Gasteiger partial charge on any atom is -0.459 e. The van der Waals surface area contributed by atoms with Crippen LogP contribution in [0.5, 0.6) is 0 Å². The van der Waals surface area contributed by atoms with E-state index >= 15 is 0 Å². The zero-order valence-electron chi connectivity index (χ0n) is 13.4. The lowest BCUT2D eigenvalue weighted by atomic mass is 9.93. The van der Waals surface area contributed by atoms with E-state index < -0.39 is 30.0 Å². The largest absolute Gasteiger partial charge is 0.459 e. The maximum absolute atomic E-state index is 12.4. The molecule has 1 N–H and O–H groups in total. The van der Waals surface area contributed by atoms with E-state index in [9.17, 15) is 14.4 Å². The standard InChI is InChI=1S/C16H18Cl2N2O4/c1-3-16(4-2)14(22)20(15(23)19-16)8-13(21)24-9-10-11(17)6-5-7-12(10)18/h5-7H,3-4,8-9H2,1-2H3,(H,19,23). The fourth-order valence-corrected chi connectivity index (χ4v) is 3.05. The second-order valence-corrected chi connectivity index (χ2v) is 6.29. The quantitative estimate of drug-likeness (QED) is 0.614. The molecule has 0 unspecified atom stereocenters. The zero-order valence-corrected chi connectivity index (χ0v) is 14.9. The first-order valence-corrected chi connectivity index (χ1v) is 8.32. The highest BCUT2D eigenvalue weighted by Crippen LogP contribution is 2.26. The van der Waals surface area contributed by atoms with Crippen LogP contribution in [0.4, 0.5) is 4.79 Å². The van der Waals surface area contributed by atoms with Crippen molar-refractivity contribution in [3.63, 3.8) is 0 Å². The SMILES string of the molecule is CCC1(CC)NC(=O)N(CC(=O)OCc2c(Cl)cccc2Cl)C1=O. The molecule has 24 heavy (non-hydrogen) atoms. The highest BCUT2D eigenvalue weighted by atomic mass is 35.5. The van der Waals surface area contributed by atoms with E-state index in [2.05, 4.69) is 5.32 Å². The molecule has 1 aromatic rings. The molecule has 130 valence electrons. The maximum Gasteiger partial charge on any atom is 0.326 e. The molecule has 1 saturated heterocycles. The number of hydrogen-bond acceptors (Lipinski definition) is 4. The summed E-state index contributed by atoms with van der Waals surface area (Å²) >= 11 is 12.0. The summed E-state index contributed by atoms with van der Waals surface area (Å²) in [6.07, 6.45) is 0.906. The number of ether oxygens (including phenoxy) is 1. The van der Waals surface area contributed by atoms with Crippen molar-refractivity contribution in [3.8, 4) is 0 Å². The van der Waals surface area contributed by atoms with Crippen molar-refractivity contribution in [2.75, 3.05) is 6.54 Å². The average Bonchev–Trinajstić information content (AvgIpc) is 2.79. The Morgan fingerprint density at radius 1 is 1.21 bits per heavy atom. The van der Waals surface area contributed by atoms with Crippen LogP contribution in [-0.2, 0) is 20.9 Å². The Kier molecular flexibility index (Phi) is 5.72. The van der Waals surface area contributed by atoms with Gasteiger partial charge < -0.3 is 10.1 Å². The van der Waals surface area contributed by atoms with E-state index in [1.807, 2.05) is 13.8 Å². The maximum atomic E-state index is 12.4. The smallest absolute Gasteiger partial charge is 0.326 e. The van der Waals surface area contributed by atoms with Crippen LogP contribution in [0.15, 0.2) is 18.2 Å². The number of carbonyl (C=O) groups is 3. The molecule has 0 radical (unpaired) electrons. The number of imide groups is 1. The van der Waals surface area contributed by atoms with Gasteiger partial charge in [0.2, 0.25) is 0 Å². The third-order valence-electron chi connectivity index (χ3n) is 4.18. The second-order valence-electron chi connectivity index (χ2n) is 5.47. The summed E-state index contributed by atoms with van der Waals surface area (Å²) in [5, 5.41) is 3.40. The second kappa shape index (κ2) is 7.40. The van der Waals surface area contributed by atoms with Gasteiger partial charge in [-0.05, 0) is 25.0 Å². The molecular weight excluding hydrogens is 355 g/mol. The molecule has 6 nitrogen and oxygen atoms in total. The first kappa shape index (κ1) is 18.5. The van der Waals surface area contributed by atoms with E-state index in [-0.39, 0.29) is 6.61 Å². The Morgan fingerprint density at radius 2 is 1.79 bits per heavy atom. The summed E-state index contributed by atoms with van der Waals surface area (Å²) in [7, 11) is 0. The van der Waals surface area contributed by atoms with Gasteiger partial charge in [-0.1, -0.05) is 43.1 Å². The molecule has 0 atom stereocenters. The van der Waals surface area contributed by atoms with Crippen LogP contribution in [0.25, 0.3) is 0 Å². The number of nitrogens with zero attached hydrogens (tertiary/aromatic N) is 1. The zero-order chi connectivity index (χ0) is 17.9. The number of benzene rings is 1. The number of rotatable bonds is 6. The molecule has 0 bridgehead atoms. The molecule has 1 aromatic carbocycles. The first-order valence-electron chi connectivity index (χ1n) is 7.57. The Labute approximate surface area is 150 Å². The average molecular weight is 373 g/mol. The summed E-state index contributed by atoms with van der Waals surface area (Å²) < 4.78 is 5.10. The van der Waals surface area contributed by atoms with Crippen LogP contribution in [0.2, 0.25) is 10.0 Å². The highest BCUT2D eigenvalue weighted by Gasteiger charge is 2.49. The molecule has 0 saturated carbocycles. The van der Waals surface area contributed by atoms with Crippen LogP contribution in [0, 0.1) is 0 Å². The number of halogens is 2. The molecule has 1 aliphatic heterocycles. The number of urea groups is 1. The number of esters is 1. The summed E-state index contributed by atoms with van der Waals surface area (Å²) in [6, 6.07) is 4.35. The van der Waals surface area contributed by atoms with Crippen LogP contribution in [-0.4, -0.2) is 34.9 Å². The van der Waals surface area contributed by atoms with Gasteiger partial charge in [0, 0.05) is 15.6 Å². The molecule has 1 aliphatic rings. The van der Waals surface area contributed by atoms with E-state index in [0.717, 1.165) is 4.90 Å². The van der Waals surface area contributed by atoms with Gasteiger partial charge in [0.15, 0.2) is 0 Å². The Hall–Kier alpha value is -1.79. The summed E-state index contributed by atoms with van der Waals surface area (Å²) in [5.74, 6) is -1.12. The van der Waals surface area contributed by atoms with Crippen LogP contribution in [0.3, 0.4) is 0 Å². The number of carbonyl (C=O) groups excluding carboxylic acids is 3. The van der Waals surface area contributed by atoms with Crippen molar-refractivity contribution in [1.29, 1.82) is 0 Å². The molecule has 1 heterocycles. The Bertz CT molecular complexity index is 654. The molecule has 3 amide bonds. The van der Waals surface area contributed by atoms with Crippen molar-refractivity contribution >= 4 is 41.1 Å². The van der Waals surface area contributed by atoms with E-state index in [1.54, 1.807) is 18.2 Å². The number of nitrogens with one attached hydrogen (secondary N) is 1. The van der Waals surface area contributed by atoms with Crippen molar-refractivity contribution in [2.45, 2.75) is 38.8 Å². The van der Waals surface area contributed by atoms with Crippen molar-refractivity contribution < 1.29 is 19.1 Å². The van der Waals surface area contributed by atoms with Gasteiger partial charge in [0.05, 0.1) is 0 Å². The fourth-order valence-electron chi connectivity index (χ4n) is 2.55. The van der Waals surface area contributed by atoms with Crippen LogP contribution >= 0.6 is 23.2 Å². The van der Waals surface area contributed by atoms with Gasteiger partial charge in [0.25, 0.3) is 5.91 Å². The van der Waals surface area contributed by atoms with Gasteiger partial charge in [-0.2, -0.15) is 0 Å². The molecule has 0 spiro atoms. The monoisotopic (exact) mass is 372 g/mol. The first-order chi connectivity index (χ1) is 11.3. The number of hydrogen-bond donors (Lipinski definition) is 1. The van der Waals surface area contributed by atoms with Crippen molar-refractivity contribution in [2.24, 2.45) is 0 Å². The lowest BCUT2D eigenvalue weighted by Gasteiger charge is -2.22. The highest BCUT2D eigenvalue weighted by molar-refractivity contribution is 6.35. The van der Waals surface area contributed by atoms with Crippen LogP contribution < -0.4 is 5.32 Å². The lowest BCUT2D eigenvalue weighted by molar-refractivity contribution is -0.148. The lowest BCUT2D eigenvalue weighted by Crippen LogP contribution is -2.46. The van der Waals surface area contributed by atoms with Crippen molar-refractivity contribution in [1.82, 2.24) is 10.2 Å². The van der Waals surface area contributed by atoms with E-state index in [4.69, 9.17) is 27.9 Å². The summed E-state index contributed by atoms with van der Waals surface area (Å²) in [5.41, 5.74) is -0.466. The van der Waals surface area contributed by atoms with Gasteiger partial charge in [-0.25, -0.2) is 4.79 Å². The van der Waals surface area contributed by atoms with Crippen molar-refractivity contribution in [3.05, 3.63) is 33.8 Å². The predicted molar refractivity (Wildman–Crippen MR) is 89.8 cm³/mol. The molecule has 1 fully saturated rings. The summed E-state index contributed by atoms with van der Waals surface area (Å²) in [6.45, 7) is 3.04. The third-order valence-corrected chi connectivity index (χ3v) is 4.89. The van der Waals surface area contributed by atoms with E-state index in [1.165, 1.54) is 0 Å².